The van der Waals surface area contributed by atoms with E-state index in [1.54, 1.807) is 6.07 Å². The van der Waals surface area contributed by atoms with Crippen LogP contribution in [0.25, 0.3) is 0 Å². The summed E-state index contributed by atoms with van der Waals surface area (Å²) in [6.07, 6.45) is 0.780. The van der Waals surface area contributed by atoms with E-state index in [0.29, 0.717) is 10.2 Å². The summed E-state index contributed by atoms with van der Waals surface area (Å²) in [4.78, 5) is 0. The van der Waals surface area contributed by atoms with Crippen molar-refractivity contribution in [3.63, 3.8) is 0 Å². The molecule has 0 aliphatic heterocycles. The van der Waals surface area contributed by atoms with E-state index in [0.717, 1.165) is 13.0 Å². The predicted octanol–water partition coefficient (Wildman–Crippen LogP) is 1.89. The third-order valence-electron chi connectivity index (χ3n) is 2.36. The molecule has 0 saturated carbocycles. The van der Waals surface area contributed by atoms with E-state index in [-0.39, 0.29) is 44.2 Å². The van der Waals surface area contributed by atoms with Crippen LogP contribution in [0.15, 0.2) is 18.2 Å². The standard InChI is InChI=1S/C11H17NO2.Y/c1-4-8-12(2,3)9-6-5-7-10(13)11(9)14;/h5-7,13-14H,1,4,8H2,2-3H3;. The molecule has 0 aliphatic carbocycles. The second-order valence-corrected chi connectivity index (χ2v) is 3.91. The van der Waals surface area contributed by atoms with E-state index >= 15 is 0 Å². The molecule has 0 aromatic heterocycles. The van der Waals surface area contributed by atoms with Gasteiger partial charge in [0.05, 0.1) is 20.6 Å². The maximum atomic E-state index is 9.67. The van der Waals surface area contributed by atoms with Crippen molar-refractivity contribution in [2.45, 2.75) is 6.42 Å². The molecule has 0 spiro atoms. The number of rotatable bonds is 3. The van der Waals surface area contributed by atoms with Crippen LogP contribution in [0.5, 0.6) is 11.5 Å². The van der Waals surface area contributed by atoms with Gasteiger partial charge < -0.3 is 17.1 Å². The number of aromatic hydroxyl groups is 2. The van der Waals surface area contributed by atoms with Gasteiger partial charge in [0.2, 0.25) is 5.75 Å². The molecule has 1 radical (unpaired) electrons. The molecule has 0 fully saturated rings. The molecule has 0 atom stereocenters. The van der Waals surface area contributed by atoms with E-state index in [2.05, 4.69) is 6.92 Å². The first-order chi connectivity index (χ1) is 6.49. The summed E-state index contributed by atoms with van der Waals surface area (Å²) in [5.74, 6) is -0.108. The maximum absolute atomic E-state index is 9.67. The Kier molecular flexibility index (Phi) is 5.78. The molecular formula is C11H17NO2Y. The molecule has 3 nitrogen and oxygen atoms in total. The van der Waals surface area contributed by atoms with Gasteiger partial charge in [0, 0.05) is 38.8 Å². The number of para-hydroxylation sites is 1. The zero-order chi connectivity index (χ0) is 10.8. The van der Waals surface area contributed by atoms with Crippen LogP contribution in [-0.4, -0.2) is 30.9 Å². The number of hydrogen-bond donors (Lipinski definition) is 2. The molecule has 1 aromatic rings. The van der Waals surface area contributed by atoms with Gasteiger partial charge in [0.15, 0.2) is 11.4 Å². The molecule has 15 heavy (non-hydrogen) atoms. The quantitative estimate of drug-likeness (QED) is 0.505. The van der Waals surface area contributed by atoms with E-state index in [1.807, 2.05) is 20.2 Å². The Labute approximate surface area is 116 Å². The fraction of sp³-hybridized carbons (Fsp3) is 0.364. The summed E-state index contributed by atoms with van der Waals surface area (Å²) < 4.78 is 0.518. The van der Waals surface area contributed by atoms with Gasteiger partial charge in [-0.15, -0.1) is 6.42 Å². The van der Waals surface area contributed by atoms with Gasteiger partial charge in [-0.1, -0.05) is 6.07 Å². The molecule has 0 aliphatic rings. The minimum absolute atomic E-state index is 0. The van der Waals surface area contributed by atoms with Crippen LogP contribution in [-0.2, 0) is 32.7 Å². The summed E-state index contributed by atoms with van der Waals surface area (Å²) in [5.41, 5.74) is 0.716. The fourth-order valence-electron chi connectivity index (χ4n) is 1.52. The molecule has 4 heteroatoms. The van der Waals surface area contributed by atoms with Crippen LogP contribution in [0, 0.1) is 6.92 Å². The Morgan fingerprint density at radius 3 is 2.40 bits per heavy atom. The van der Waals surface area contributed by atoms with Crippen LogP contribution in [0.4, 0.5) is 5.69 Å². The van der Waals surface area contributed by atoms with Crippen molar-refractivity contribution in [3.8, 4) is 11.5 Å². The van der Waals surface area contributed by atoms with E-state index < -0.39 is 0 Å². The molecule has 2 N–H and O–H groups in total. The van der Waals surface area contributed by atoms with E-state index in [1.165, 1.54) is 6.07 Å². The minimum atomic E-state index is -0.0715. The number of phenols is 2. The summed E-state index contributed by atoms with van der Waals surface area (Å²) in [6.45, 7) is 4.61. The molecule has 0 amide bonds. The molecule has 1 aromatic carbocycles. The van der Waals surface area contributed by atoms with Gasteiger partial charge in [-0.3, -0.25) is 4.48 Å². The monoisotopic (exact) mass is 284 g/mol. The molecule has 1 rings (SSSR count). The Hall–Kier alpha value is -0.116. The number of benzene rings is 1. The van der Waals surface area contributed by atoms with Gasteiger partial charge in [0.25, 0.3) is 0 Å². The van der Waals surface area contributed by atoms with Crippen molar-refractivity contribution in [3.05, 3.63) is 25.1 Å². The maximum Gasteiger partial charge on any atom is 0.219 e. The van der Waals surface area contributed by atoms with Crippen LogP contribution in [0.1, 0.15) is 6.42 Å². The number of quaternary nitrogens is 1. The molecular weight excluding hydrogens is 267 g/mol. The molecule has 0 unspecified atom stereocenters. The van der Waals surface area contributed by atoms with Gasteiger partial charge >= 0.3 is 0 Å². The van der Waals surface area contributed by atoms with Gasteiger partial charge in [-0.05, 0) is 6.07 Å². The first kappa shape index (κ1) is 14.9. The molecule has 0 saturated heterocycles. The van der Waals surface area contributed by atoms with Crippen LogP contribution >= 0.6 is 0 Å². The average Bonchev–Trinajstić information content (AvgIpc) is 2.09. The van der Waals surface area contributed by atoms with E-state index in [4.69, 9.17) is 0 Å². The van der Waals surface area contributed by atoms with Crippen LogP contribution < -0.4 is 4.48 Å². The zero-order valence-electron chi connectivity index (χ0n) is 9.27. The first-order valence-corrected chi connectivity index (χ1v) is 4.63. The largest absolute Gasteiger partial charge is 0.504 e. The summed E-state index contributed by atoms with van der Waals surface area (Å²) in [6, 6.07) is 5.02. The minimum Gasteiger partial charge on any atom is -0.504 e. The summed E-state index contributed by atoms with van der Waals surface area (Å²) in [5, 5.41) is 19.0. The second kappa shape index (κ2) is 5.83. The molecule has 0 heterocycles. The number of nitrogens with zero attached hydrogens (tertiary/aromatic N) is 1. The van der Waals surface area contributed by atoms with Crippen molar-refractivity contribution in [1.82, 2.24) is 4.48 Å². The second-order valence-electron chi connectivity index (χ2n) is 3.91. The van der Waals surface area contributed by atoms with Crippen molar-refractivity contribution in [1.29, 1.82) is 0 Å². The molecule has 0 bridgehead atoms. The Morgan fingerprint density at radius 2 is 1.87 bits per heavy atom. The van der Waals surface area contributed by atoms with Crippen LogP contribution in [0.2, 0.25) is 0 Å². The van der Waals surface area contributed by atoms with Gasteiger partial charge in [-0.25, -0.2) is 0 Å². The topological polar surface area (TPSA) is 40.5 Å². The fourth-order valence-corrected chi connectivity index (χ4v) is 1.52. The summed E-state index contributed by atoms with van der Waals surface area (Å²) >= 11 is 0. The third-order valence-corrected chi connectivity index (χ3v) is 2.36. The Balaban J connectivity index is 0.00000196. The average molecular weight is 284 g/mol. The van der Waals surface area contributed by atoms with Gasteiger partial charge in [-0.2, -0.15) is 0 Å². The zero-order valence-corrected chi connectivity index (χ0v) is 12.1. The van der Waals surface area contributed by atoms with Crippen molar-refractivity contribution < 1.29 is 42.9 Å². The summed E-state index contributed by atoms with van der Waals surface area (Å²) in [7, 11) is 3.94. The molecule has 81 valence electrons. The smallest absolute Gasteiger partial charge is 0.219 e. The third kappa shape index (κ3) is 3.44. The first-order valence-electron chi connectivity index (χ1n) is 4.63. The van der Waals surface area contributed by atoms with Gasteiger partial charge in [0.1, 0.15) is 0 Å². The Bertz CT molecular complexity index is 326. The SMILES string of the molecule is [CH2-]CC[N+](C)(C)c1cccc(O)c1O.[Y]. The Morgan fingerprint density at radius 1 is 1.27 bits per heavy atom. The predicted molar refractivity (Wildman–Crippen MR) is 58.3 cm³/mol. The number of hydrogen-bond acceptors (Lipinski definition) is 2. The normalized spacial score (nSPS) is 10.9. The van der Waals surface area contributed by atoms with Crippen molar-refractivity contribution in [2.24, 2.45) is 0 Å². The van der Waals surface area contributed by atoms with E-state index in [9.17, 15) is 10.2 Å². The number of phenolic OH excluding ortho intramolecular Hbond substituents is 2. The van der Waals surface area contributed by atoms with Crippen molar-refractivity contribution in [2.75, 3.05) is 20.6 Å². The van der Waals surface area contributed by atoms with Crippen molar-refractivity contribution >= 4 is 5.69 Å². The van der Waals surface area contributed by atoms with Crippen LogP contribution in [0.3, 0.4) is 0 Å².